The van der Waals surface area contributed by atoms with Gasteiger partial charge in [-0.3, -0.25) is 14.4 Å². The van der Waals surface area contributed by atoms with Gasteiger partial charge in [0.25, 0.3) is 0 Å². The molecule has 320 valence electrons. The molecule has 0 saturated carbocycles. The van der Waals surface area contributed by atoms with Gasteiger partial charge in [0, 0.05) is 27.9 Å². The second-order valence-electron chi connectivity index (χ2n) is 14.4. The number of aliphatic hydroxyl groups is 1. The van der Waals surface area contributed by atoms with Crippen molar-refractivity contribution < 1.29 is 76.3 Å². The lowest BCUT2D eigenvalue weighted by Gasteiger charge is -2.50. The van der Waals surface area contributed by atoms with Gasteiger partial charge < -0.3 is 61.9 Å². The Morgan fingerprint density at radius 1 is 0.586 bits per heavy atom. The van der Waals surface area contributed by atoms with Crippen LogP contribution in [0.15, 0.2) is 73.3 Å². The lowest BCUT2D eigenvalue weighted by molar-refractivity contribution is -0.389. The number of aliphatic hydroxyl groups excluding tert-OH is 1. The van der Waals surface area contributed by atoms with Crippen molar-refractivity contribution in [2.24, 2.45) is 0 Å². The van der Waals surface area contributed by atoms with E-state index in [1.54, 1.807) is 20.8 Å². The third-order valence-corrected chi connectivity index (χ3v) is 9.94. The van der Waals surface area contributed by atoms with E-state index < -0.39 is 110 Å². The zero-order valence-electron chi connectivity index (χ0n) is 33.9. The highest BCUT2D eigenvalue weighted by molar-refractivity contribution is 5.68. The van der Waals surface area contributed by atoms with E-state index >= 15 is 0 Å². The lowest BCUT2D eigenvalue weighted by Crippen LogP contribution is -2.67. The number of methoxy groups -OCH3 is 1. The second-order valence-corrected chi connectivity index (χ2v) is 14.4. The summed E-state index contributed by atoms with van der Waals surface area (Å²) < 4.78 is 74.2. The Labute approximate surface area is 338 Å². The van der Waals surface area contributed by atoms with E-state index in [0.29, 0.717) is 0 Å². The predicted octanol–water partition coefficient (Wildman–Crippen LogP) is 3.54. The number of rotatable bonds is 17. The third-order valence-electron chi connectivity index (χ3n) is 9.94. The molecule has 0 amide bonds. The molecular formula is C42H56O16. The number of hydrogen-bond donors (Lipinski definition) is 1. The molecule has 0 spiro atoms. The SMILES string of the molecule is C=CCO[C@@H]1[C@H](O[C@@H]2O[C@@H](C)[C@H](OCc3ccccc3)[C@@H](OC)[C@H]2O[C@@H]2O[C@@H](C)[C@H](OC(C)=O)[C@@H](OC(C)=O)[C@H]2OC(C)=O)[C@@H](OCc2ccccc2)[C@H](C)O[C@H]1O. The van der Waals surface area contributed by atoms with Crippen LogP contribution in [0.4, 0.5) is 0 Å². The fourth-order valence-corrected chi connectivity index (χ4v) is 7.38. The molecule has 0 bridgehead atoms. The average Bonchev–Trinajstić information content (AvgIpc) is 3.18. The smallest absolute Gasteiger partial charge is 0.303 e. The van der Waals surface area contributed by atoms with Crippen LogP contribution in [0.25, 0.3) is 0 Å². The molecule has 2 aromatic rings. The van der Waals surface area contributed by atoms with E-state index in [4.69, 9.17) is 56.8 Å². The molecular weight excluding hydrogens is 760 g/mol. The van der Waals surface area contributed by atoms with Crippen LogP contribution in [0.5, 0.6) is 0 Å². The Balaban J connectivity index is 1.54. The van der Waals surface area contributed by atoms with Crippen molar-refractivity contribution >= 4 is 17.9 Å². The van der Waals surface area contributed by atoms with Gasteiger partial charge in [-0.05, 0) is 31.9 Å². The molecule has 16 nitrogen and oxygen atoms in total. The van der Waals surface area contributed by atoms with Gasteiger partial charge >= 0.3 is 17.9 Å². The van der Waals surface area contributed by atoms with Crippen molar-refractivity contribution in [1.29, 1.82) is 0 Å². The molecule has 3 heterocycles. The molecule has 0 aliphatic carbocycles. The summed E-state index contributed by atoms with van der Waals surface area (Å²) in [6.45, 7) is 12.8. The second kappa shape index (κ2) is 21.4. The fourth-order valence-electron chi connectivity index (χ4n) is 7.38. The lowest BCUT2D eigenvalue weighted by atomic mass is 9.96. The largest absolute Gasteiger partial charge is 0.456 e. The molecule has 58 heavy (non-hydrogen) atoms. The van der Waals surface area contributed by atoms with Gasteiger partial charge in [0.15, 0.2) is 37.2 Å². The number of esters is 3. The quantitative estimate of drug-likeness (QED) is 0.139. The first kappa shape index (κ1) is 45.3. The number of hydrogen-bond acceptors (Lipinski definition) is 16. The van der Waals surface area contributed by atoms with Crippen molar-refractivity contribution in [3.63, 3.8) is 0 Å². The van der Waals surface area contributed by atoms with Gasteiger partial charge in [-0.1, -0.05) is 66.7 Å². The molecule has 5 rings (SSSR count). The summed E-state index contributed by atoms with van der Waals surface area (Å²) in [6.07, 6.45) is -14.8. The average molecular weight is 817 g/mol. The minimum atomic E-state index is -1.47. The van der Waals surface area contributed by atoms with Crippen LogP contribution in [-0.2, 0) is 84.4 Å². The highest BCUT2D eigenvalue weighted by atomic mass is 16.8. The molecule has 15 atom stereocenters. The Morgan fingerprint density at radius 3 is 1.55 bits per heavy atom. The summed E-state index contributed by atoms with van der Waals surface area (Å²) in [4.78, 5) is 37.2. The molecule has 3 aliphatic rings. The highest BCUT2D eigenvalue weighted by Gasteiger charge is 2.57. The first-order valence-electron chi connectivity index (χ1n) is 19.3. The van der Waals surface area contributed by atoms with E-state index in [9.17, 15) is 19.5 Å². The summed E-state index contributed by atoms with van der Waals surface area (Å²) in [6, 6.07) is 19.0. The fraction of sp³-hybridized carbons (Fsp3) is 0.595. The standard InChI is InChI=1S/C42H56O16/c1-9-20-48-37-35(32(23(2)51-40(37)46)50-22-30-18-14-11-15-19-30)57-41-38(34(47-8)31(24(3)52-41)49-21-29-16-12-10-13-17-29)58-42-39(56-28(7)45)36(55-27(6)44)33(25(4)53-42)54-26(5)43/h9-19,23-25,31-42,46H,1,20-22H2,2-8H3/t23-,24-,25-,31-,32-,33-,34+,35+,36+,37+,38+,39+,40+,41-,42-/m0/s1. The van der Waals surface area contributed by atoms with Gasteiger partial charge in [0.2, 0.25) is 0 Å². The van der Waals surface area contributed by atoms with Crippen LogP contribution in [0.3, 0.4) is 0 Å². The molecule has 3 fully saturated rings. The number of ether oxygens (including phenoxy) is 12. The minimum absolute atomic E-state index is 0.0432. The summed E-state index contributed by atoms with van der Waals surface area (Å²) in [5.74, 6) is -2.16. The number of carbonyl (C=O) groups excluding carboxylic acids is 3. The Hall–Kier alpha value is -3.81. The van der Waals surface area contributed by atoms with Gasteiger partial charge in [-0.25, -0.2) is 0 Å². The van der Waals surface area contributed by atoms with Crippen LogP contribution in [-0.4, -0.2) is 129 Å². The maximum Gasteiger partial charge on any atom is 0.303 e. The summed E-state index contributed by atoms with van der Waals surface area (Å²) >= 11 is 0. The van der Waals surface area contributed by atoms with Crippen molar-refractivity contribution in [3.8, 4) is 0 Å². The van der Waals surface area contributed by atoms with E-state index in [2.05, 4.69) is 6.58 Å². The molecule has 0 radical (unpaired) electrons. The van der Waals surface area contributed by atoms with Crippen LogP contribution in [0, 0.1) is 0 Å². The number of benzene rings is 2. The zero-order valence-corrected chi connectivity index (χ0v) is 33.9. The molecule has 16 heteroatoms. The topological polar surface area (TPSA) is 182 Å². The molecule has 0 unspecified atom stereocenters. The Bertz CT molecular complexity index is 1610. The normalized spacial score (nSPS) is 35.1. The van der Waals surface area contributed by atoms with Gasteiger partial charge in [0.1, 0.15) is 36.6 Å². The summed E-state index contributed by atoms with van der Waals surface area (Å²) in [5, 5.41) is 11.2. The monoisotopic (exact) mass is 816 g/mol. The van der Waals surface area contributed by atoms with E-state index in [1.165, 1.54) is 34.0 Å². The molecule has 2 aromatic carbocycles. The van der Waals surface area contributed by atoms with Crippen molar-refractivity contribution in [2.45, 2.75) is 147 Å². The zero-order chi connectivity index (χ0) is 41.9. The molecule has 3 aliphatic heterocycles. The minimum Gasteiger partial charge on any atom is -0.456 e. The Kier molecular flexibility index (Phi) is 16.7. The molecule has 3 saturated heterocycles. The van der Waals surface area contributed by atoms with Crippen molar-refractivity contribution in [3.05, 3.63) is 84.4 Å². The summed E-state index contributed by atoms with van der Waals surface area (Å²) in [7, 11) is 1.48. The van der Waals surface area contributed by atoms with E-state index in [-0.39, 0.29) is 19.8 Å². The first-order valence-corrected chi connectivity index (χ1v) is 19.3. The maximum atomic E-state index is 12.6. The number of carbonyl (C=O) groups is 3. The van der Waals surface area contributed by atoms with E-state index in [1.807, 2.05) is 60.7 Å². The van der Waals surface area contributed by atoms with Gasteiger partial charge in [-0.15, -0.1) is 6.58 Å². The third kappa shape index (κ3) is 11.7. The first-order chi connectivity index (χ1) is 27.8. The van der Waals surface area contributed by atoms with Crippen molar-refractivity contribution in [1.82, 2.24) is 0 Å². The van der Waals surface area contributed by atoms with Crippen LogP contribution in [0.1, 0.15) is 52.7 Å². The van der Waals surface area contributed by atoms with Crippen molar-refractivity contribution in [2.75, 3.05) is 13.7 Å². The van der Waals surface area contributed by atoms with E-state index in [0.717, 1.165) is 11.1 Å². The predicted molar refractivity (Wildman–Crippen MR) is 202 cm³/mol. The highest BCUT2D eigenvalue weighted by Crippen LogP contribution is 2.37. The van der Waals surface area contributed by atoms with Crippen LogP contribution < -0.4 is 0 Å². The van der Waals surface area contributed by atoms with Crippen LogP contribution >= 0.6 is 0 Å². The maximum absolute atomic E-state index is 12.6. The van der Waals surface area contributed by atoms with Crippen LogP contribution in [0.2, 0.25) is 0 Å². The molecule has 1 N–H and O–H groups in total. The van der Waals surface area contributed by atoms with Gasteiger partial charge in [0.05, 0.1) is 38.1 Å². The molecule has 0 aromatic heterocycles. The van der Waals surface area contributed by atoms with Gasteiger partial charge in [-0.2, -0.15) is 0 Å². The Morgan fingerprint density at radius 2 is 1.03 bits per heavy atom. The summed E-state index contributed by atoms with van der Waals surface area (Å²) in [5.41, 5.74) is 1.78.